The smallest absolute Gasteiger partial charge is 0.272 e. The SMILES string of the molecule is CCc1nn(CC)cc1C(F)(F)F. The molecule has 1 heterocycles. The van der Waals surface area contributed by atoms with E-state index in [1.807, 2.05) is 0 Å². The van der Waals surface area contributed by atoms with E-state index >= 15 is 0 Å². The number of aromatic nitrogens is 2. The molecule has 0 aromatic carbocycles. The average molecular weight is 192 g/mol. The van der Waals surface area contributed by atoms with Gasteiger partial charge in [-0.25, -0.2) is 0 Å². The number of hydrogen-bond acceptors (Lipinski definition) is 1. The summed E-state index contributed by atoms with van der Waals surface area (Å²) in [6.45, 7) is 3.88. The molecule has 74 valence electrons. The lowest BCUT2D eigenvalue weighted by Gasteiger charge is -2.03. The maximum atomic E-state index is 12.3. The second-order valence-electron chi connectivity index (χ2n) is 2.70. The molecule has 0 amide bonds. The molecule has 0 N–H and O–H groups in total. The van der Waals surface area contributed by atoms with Gasteiger partial charge in [-0.3, -0.25) is 4.68 Å². The van der Waals surface area contributed by atoms with Gasteiger partial charge in [0.25, 0.3) is 0 Å². The Hall–Kier alpha value is -1.00. The summed E-state index contributed by atoms with van der Waals surface area (Å²) in [4.78, 5) is 0. The monoisotopic (exact) mass is 192 g/mol. The first-order valence-electron chi connectivity index (χ1n) is 4.12. The molecule has 1 aromatic rings. The lowest BCUT2D eigenvalue weighted by atomic mass is 10.2. The first-order valence-corrected chi connectivity index (χ1v) is 4.12. The average Bonchev–Trinajstić information content (AvgIpc) is 2.46. The van der Waals surface area contributed by atoms with Crippen LogP contribution in [0.2, 0.25) is 0 Å². The molecule has 0 unspecified atom stereocenters. The quantitative estimate of drug-likeness (QED) is 0.703. The van der Waals surface area contributed by atoms with Crippen LogP contribution >= 0.6 is 0 Å². The van der Waals surface area contributed by atoms with Crippen molar-refractivity contribution in [2.45, 2.75) is 33.0 Å². The van der Waals surface area contributed by atoms with Crippen LogP contribution in [-0.2, 0) is 19.1 Å². The Morgan fingerprint density at radius 2 is 2.00 bits per heavy atom. The third-order valence-electron chi connectivity index (χ3n) is 1.80. The molecule has 5 heteroatoms. The minimum atomic E-state index is -4.28. The summed E-state index contributed by atoms with van der Waals surface area (Å²) < 4.78 is 38.3. The van der Waals surface area contributed by atoms with E-state index in [9.17, 15) is 13.2 Å². The van der Waals surface area contributed by atoms with Crippen LogP contribution in [-0.4, -0.2) is 9.78 Å². The van der Waals surface area contributed by atoms with Crippen LogP contribution in [0.3, 0.4) is 0 Å². The number of rotatable bonds is 2. The van der Waals surface area contributed by atoms with E-state index in [2.05, 4.69) is 5.10 Å². The standard InChI is InChI=1S/C8H11F3N2/c1-3-7-6(8(9,10)11)5-13(4-2)12-7/h5H,3-4H2,1-2H3. The van der Waals surface area contributed by atoms with Gasteiger partial charge in [-0.2, -0.15) is 18.3 Å². The molecule has 13 heavy (non-hydrogen) atoms. The molecular formula is C8H11F3N2. The molecule has 2 nitrogen and oxygen atoms in total. The summed E-state index contributed by atoms with van der Waals surface area (Å²) in [5.74, 6) is 0. The lowest BCUT2D eigenvalue weighted by molar-refractivity contribution is -0.138. The van der Waals surface area contributed by atoms with Crippen molar-refractivity contribution in [2.75, 3.05) is 0 Å². The number of aryl methyl sites for hydroxylation is 2. The molecule has 0 saturated carbocycles. The van der Waals surface area contributed by atoms with Gasteiger partial charge in [0.1, 0.15) is 0 Å². The minimum absolute atomic E-state index is 0.120. The number of alkyl halides is 3. The van der Waals surface area contributed by atoms with Crippen LogP contribution in [0, 0.1) is 0 Å². The molecule has 0 atom stereocenters. The van der Waals surface area contributed by atoms with Gasteiger partial charge in [0.05, 0.1) is 11.3 Å². The summed E-state index contributed by atoms with van der Waals surface area (Å²) in [6, 6.07) is 0. The summed E-state index contributed by atoms with van der Waals surface area (Å²) >= 11 is 0. The van der Waals surface area contributed by atoms with Crippen LogP contribution in [0.25, 0.3) is 0 Å². The molecule has 0 aliphatic rings. The van der Waals surface area contributed by atoms with Gasteiger partial charge in [-0.15, -0.1) is 0 Å². The van der Waals surface area contributed by atoms with E-state index in [0.717, 1.165) is 6.20 Å². The zero-order chi connectivity index (χ0) is 10.1. The predicted octanol–water partition coefficient (Wildman–Crippen LogP) is 2.48. The highest BCUT2D eigenvalue weighted by Crippen LogP contribution is 2.31. The Morgan fingerprint density at radius 1 is 1.38 bits per heavy atom. The summed E-state index contributed by atoms with van der Waals surface area (Å²) in [5.41, 5.74) is -0.494. The fourth-order valence-corrected chi connectivity index (χ4v) is 1.12. The lowest BCUT2D eigenvalue weighted by Crippen LogP contribution is -2.06. The Balaban J connectivity index is 3.11. The molecule has 0 fully saturated rings. The Bertz CT molecular complexity index is 288. The minimum Gasteiger partial charge on any atom is -0.272 e. The third-order valence-corrected chi connectivity index (χ3v) is 1.80. The van der Waals surface area contributed by atoms with Crippen LogP contribution < -0.4 is 0 Å². The maximum Gasteiger partial charge on any atom is 0.419 e. The van der Waals surface area contributed by atoms with Crippen molar-refractivity contribution in [3.8, 4) is 0 Å². The Morgan fingerprint density at radius 3 is 2.31 bits per heavy atom. The van der Waals surface area contributed by atoms with Gasteiger partial charge < -0.3 is 0 Å². The van der Waals surface area contributed by atoms with E-state index in [0.29, 0.717) is 13.0 Å². The van der Waals surface area contributed by atoms with Gasteiger partial charge in [0.15, 0.2) is 0 Å². The van der Waals surface area contributed by atoms with Crippen LogP contribution in [0.1, 0.15) is 25.1 Å². The first kappa shape index (κ1) is 10.1. The molecule has 0 aliphatic heterocycles. The highest BCUT2D eigenvalue weighted by molar-refractivity contribution is 5.20. The Kier molecular flexibility index (Phi) is 2.63. The maximum absolute atomic E-state index is 12.3. The summed E-state index contributed by atoms with van der Waals surface area (Å²) in [5, 5.41) is 3.81. The van der Waals surface area contributed by atoms with E-state index in [4.69, 9.17) is 0 Å². The van der Waals surface area contributed by atoms with Gasteiger partial charge >= 0.3 is 6.18 Å². The number of halogens is 3. The molecule has 0 spiro atoms. The van der Waals surface area contributed by atoms with E-state index < -0.39 is 11.7 Å². The molecule has 1 rings (SSSR count). The molecule has 1 aromatic heterocycles. The second kappa shape index (κ2) is 3.40. The van der Waals surface area contributed by atoms with E-state index in [-0.39, 0.29) is 5.69 Å². The number of nitrogens with zero attached hydrogens (tertiary/aromatic N) is 2. The normalized spacial score (nSPS) is 12.1. The highest BCUT2D eigenvalue weighted by atomic mass is 19.4. The van der Waals surface area contributed by atoms with Gasteiger partial charge in [-0.1, -0.05) is 6.92 Å². The van der Waals surface area contributed by atoms with Crippen molar-refractivity contribution in [3.63, 3.8) is 0 Å². The van der Waals surface area contributed by atoms with Crippen LogP contribution in [0.4, 0.5) is 13.2 Å². The van der Waals surface area contributed by atoms with Gasteiger partial charge in [-0.05, 0) is 13.3 Å². The summed E-state index contributed by atoms with van der Waals surface area (Å²) in [6.07, 6.45) is -2.92. The fraction of sp³-hybridized carbons (Fsp3) is 0.625. The predicted molar refractivity (Wildman–Crippen MR) is 42.3 cm³/mol. The number of hydrogen-bond donors (Lipinski definition) is 0. The van der Waals surface area contributed by atoms with Gasteiger partial charge in [0, 0.05) is 12.7 Å². The van der Waals surface area contributed by atoms with Crippen molar-refractivity contribution >= 4 is 0 Å². The van der Waals surface area contributed by atoms with Gasteiger partial charge in [0.2, 0.25) is 0 Å². The van der Waals surface area contributed by atoms with Crippen molar-refractivity contribution in [1.82, 2.24) is 9.78 Å². The van der Waals surface area contributed by atoms with Crippen molar-refractivity contribution in [2.24, 2.45) is 0 Å². The molecule has 0 radical (unpaired) electrons. The van der Waals surface area contributed by atoms with E-state index in [1.165, 1.54) is 4.68 Å². The Labute approximate surface area is 74.4 Å². The fourth-order valence-electron chi connectivity index (χ4n) is 1.12. The third kappa shape index (κ3) is 2.02. The largest absolute Gasteiger partial charge is 0.419 e. The second-order valence-corrected chi connectivity index (χ2v) is 2.70. The molecule has 0 bridgehead atoms. The molecule has 0 aliphatic carbocycles. The summed E-state index contributed by atoms with van der Waals surface area (Å²) in [7, 11) is 0. The van der Waals surface area contributed by atoms with Crippen LogP contribution in [0.15, 0.2) is 6.20 Å². The zero-order valence-corrected chi connectivity index (χ0v) is 7.52. The van der Waals surface area contributed by atoms with Crippen LogP contribution in [0.5, 0.6) is 0 Å². The highest BCUT2D eigenvalue weighted by Gasteiger charge is 2.35. The van der Waals surface area contributed by atoms with Crippen molar-refractivity contribution in [3.05, 3.63) is 17.5 Å². The zero-order valence-electron chi connectivity index (χ0n) is 7.52. The van der Waals surface area contributed by atoms with Crippen molar-refractivity contribution in [1.29, 1.82) is 0 Å². The molecule has 0 saturated heterocycles. The van der Waals surface area contributed by atoms with Crippen molar-refractivity contribution < 1.29 is 13.2 Å². The van der Waals surface area contributed by atoms with E-state index in [1.54, 1.807) is 13.8 Å². The molecular weight excluding hydrogens is 181 g/mol. The first-order chi connectivity index (χ1) is 5.99. The topological polar surface area (TPSA) is 17.8 Å².